The van der Waals surface area contributed by atoms with Crippen LogP contribution in [0.1, 0.15) is 72.7 Å². The smallest absolute Gasteiger partial charge is 0.342 e. The van der Waals surface area contributed by atoms with Gasteiger partial charge in [-0.25, -0.2) is 9.59 Å². The number of methoxy groups -OCH3 is 1. The molecule has 0 spiro atoms. The van der Waals surface area contributed by atoms with Crippen LogP contribution in [0.3, 0.4) is 0 Å². The van der Waals surface area contributed by atoms with Crippen molar-refractivity contribution < 1.29 is 28.7 Å². The van der Waals surface area contributed by atoms with Crippen molar-refractivity contribution in [2.75, 3.05) is 12.4 Å². The topological polar surface area (TPSA) is 115 Å². The first kappa shape index (κ1) is 22.7. The SMILES string of the molecule is COC(=O)c1c(C)[nH]c(C(=O)C(C)OC(=O)c2c(NC(=O)C3CC3)sc(C)c2C)c1C. The number of nitrogens with one attached hydrogen (secondary N) is 2. The maximum atomic E-state index is 12.9. The number of Topliss-reactive ketones (excluding diaryl/α,β-unsaturated/α-hetero) is 1. The maximum Gasteiger partial charge on any atom is 0.342 e. The first-order valence-corrected chi connectivity index (χ1v) is 10.8. The second-order valence-electron chi connectivity index (χ2n) is 7.78. The molecular weight excluding hydrogens is 420 g/mol. The molecular formula is C22H26N2O6S. The van der Waals surface area contributed by atoms with E-state index in [0.29, 0.717) is 27.4 Å². The molecule has 1 unspecified atom stereocenters. The lowest BCUT2D eigenvalue weighted by atomic mass is 10.1. The minimum absolute atomic E-state index is 0.00446. The molecule has 166 valence electrons. The number of carbonyl (C=O) groups excluding carboxylic acids is 4. The van der Waals surface area contributed by atoms with E-state index in [4.69, 9.17) is 9.47 Å². The minimum Gasteiger partial charge on any atom is -0.465 e. The van der Waals surface area contributed by atoms with Gasteiger partial charge in [-0.15, -0.1) is 11.3 Å². The van der Waals surface area contributed by atoms with Crippen LogP contribution in [0.15, 0.2) is 0 Å². The number of aromatic nitrogens is 1. The Morgan fingerprint density at radius 3 is 2.26 bits per heavy atom. The number of hydrogen-bond acceptors (Lipinski definition) is 7. The molecule has 2 aromatic rings. The second kappa shape index (κ2) is 8.66. The summed E-state index contributed by atoms with van der Waals surface area (Å²) in [7, 11) is 1.27. The van der Waals surface area contributed by atoms with Crippen LogP contribution in [-0.2, 0) is 14.3 Å². The molecule has 0 aliphatic heterocycles. The predicted molar refractivity (Wildman–Crippen MR) is 116 cm³/mol. The molecule has 1 atom stereocenters. The number of ketones is 1. The van der Waals surface area contributed by atoms with Gasteiger partial charge in [0.15, 0.2) is 6.10 Å². The molecule has 0 radical (unpaired) electrons. The van der Waals surface area contributed by atoms with E-state index in [9.17, 15) is 19.2 Å². The van der Waals surface area contributed by atoms with Crippen LogP contribution in [0.4, 0.5) is 5.00 Å². The second-order valence-corrected chi connectivity index (χ2v) is 9.00. The van der Waals surface area contributed by atoms with Crippen LogP contribution in [0, 0.1) is 33.6 Å². The van der Waals surface area contributed by atoms with E-state index in [-0.39, 0.29) is 23.1 Å². The fourth-order valence-electron chi connectivity index (χ4n) is 3.40. The summed E-state index contributed by atoms with van der Waals surface area (Å²) >= 11 is 1.31. The quantitative estimate of drug-likeness (QED) is 0.493. The van der Waals surface area contributed by atoms with Crippen LogP contribution in [-0.4, -0.2) is 41.8 Å². The number of anilines is 1. The van der Waals surface area contributed by atoms with Crippen LogP contribution in [0.2, 0.25) is 0 Å². The van der Waals surface area contributed by atoms with Crippen LogP contribution in [0.5, 0.6) is 0 Å². The number of H-pyrrole nitrogens is 1. The number of aryl methyl sites for hydroxylation is 2. The molecule has 9 heteroatoms. The van der Waals surface area contributed by atoms with Gasteiger partial charge in [0.1, 0.15) is 5.00 Å². The van der Waals surface area contributed by atoms with E-state index in [0.717, 1.165) is 17.7 Å². The number of thiophene rings is 1. The molecule has 8 nitrogen and oxygen atoms in total. The average Bonchev–Trinajstić information content (AvgIpc) is 3.47. The van der Waals surface area contributed by atoms with Gasteiger partial charge in [-0.3, -0.25) is 9.59 Å². The van der Waals surface area contributed by atoms with Crippen molar-refractivity contribution in [2.24, 2.45) is 5.92 Å². The van der Waals surface area contributed by atoms with E-state index in [1.807, 2.05) is 6.92 Å². The number of hydrogen-bond donors (Lipinski definition) is 2. The Kier molecular flexibility index (Phi) is 6.35. The zero-order valence-corrected chi connectivity index (χ0v) is 19.2. The summed E-state index contributed by atoms with van der Waals surface area (Å²) in [4.78, 5) is 53.8. The Morgan fingerprint density at radius 2 is 1.68 bits per heavy atom. The van der Waals surface area contributed by atoms with Crippen LogP contribution >= 0.6 is 11.3 Å². The lowest BCUT2D eigenvalue weighted by Gasteiger charge is -2.13. The fraction of sp³-hybridized carbons (Fsp3) is 0.455. The number of esters is 2. The van der Waals surface area contributed by atoms with Gasteiger partial charge in [-0.1, -0.05) is 0 Å². The van der Waals surface area contributed by atoms with Gasteiger partial charge >= 0.3 is 11.9 Å². The monoisotopic (exact) mass is 446 g/mol. The number of amides is 1. The molecule has 0 aromatic carbocycles. The van der Waals surface area contributed by atoms with Crippen LogP contribution < -0.4 is 5.32 Å². The highest BCUT2D eigenvalue weighted by atomic mass is 32.1. The molecule has 2 heterocycles. The lowest BCUT2D eigenvalue weighted by Crippen LogP contribution is -2.26. The van der Waals surface area contributed by atoms with Gasteiger partial charge in [0, 0.05) is 16.5 Å². The summed E-state index contributed by atoms with van der Waals surface area (Å²) in [6, 6.07) is 0. The summed E-state index contributed by atoms with van der Waals surface area (Å²) < 4.78 is 10.2. The number of aromatic amines is 1. The van der Waals surface area contributed by atoms with E-state index in [1.54, 1.807) is 20.8 Å². The number of rotatable bonds is 7. The Labute approximate surface area is 184 Å². The van der Waals surface area contributed by atoms with Crippen LogP contribution in [0.25, 0.3) is 0 Å². The van der Waals surface area contributed by atoms with Gasteiger partial charge in [0.05, 0.1) is 23.9 Å². The van der Waals surface area contributed by atoms with Crippen molar-refractivity contribution in [1.82, 2.24) is 4.98 Å². The van der Waals surface area contributed by atoms with Crippen molar-refractivity contribution in [2.45, 2.75) is 53.6 Å². The molecule has 0 bridgehead atoms. The average molecular weight is 447 g/mol. The van der Waals surface area contributed by atoms with Gasteiger partial charge in [0.25, 0.3) is 0 Å². The third-order valence-corrected chi connectivity index (χ3v) is 6.62. The third-order valence-electron chi connectivity index (χ3n) is 5.50. The van der Waals surface area contributed by atoms with E-state index in [2.05, 4.69) is 10.3 Å². The summed E-state index contributed by atoms with van der Waals surface area (Å²) in [5.41, 5.74) is 2.40. The molecule has 2 aromatic heterocycles. The van der Waals surface area contributed by atoms with E-state index in [1.165, 1.54) is 25.4 Å². The summed E-state index contributed by atoms with van der Waals surface area (Å²) in [5, 5.41) is 3.27. The zero-order valence-electron chi connectivity index (χ0n) is 18.4. The van der Waals surface area contributed by atoms with Crippen molar-refractivity contribution in [3.05, 3.63) is 38.5 Å². The summed E-state index contributed by atoms with van der Waals surface area (Å²) in [5.74, 6) is -1.79. The highest BCUT2D eigenvalue weighted by molar-refractivity contribution is 7.16. The lowest BCUT2D eigenvalue weighted by molar-refractivity contribution is -0.117. The van der Waals surface area contributed by atoms with E-state index >= 15 is 0 Å². The summed E-state index contributed by atoms with van der Waals surface area (Å²) in [6.45, 7) is 8.42. The Hall–Kier alpha value is -2.94. The molecule has 1 amide bonds. The van der Waals surface area contributed by atoms with Crippen molar-refractivity contribution in [3.63, 3.8) is 0 Å². The van der Waals surface area contributed by atoms with Crippen molar-refractivity contribution >= 4 is 40.0 Å². The molecule has 2 N–H and O–H groups in total. The Bertz CT molecular complexity index is 1080. The number of carbonyl (C=O) groups is 4. The molecule has 1 aliphatic rings. The molecule has 1 fully saturated rings. The maximum absolute atomic E-state index is 12.9. The normalized spacial score (nSPS) is 14.1. The summed E-state index contributed by atoms with van der Waals surface area (Å²) in [6.07, 6.45) is 0.604. The first-order chi connectivity index (χ1) is 14.6. The minimum atomic E-state index is -1.10. The molecule has 1 saturated carbocycles. The zero-order chi connectivity index (χ0) is 23.0. The molecule has 3 rings (SSSR count). The van der Waals surface area contributed by atoms with Gasteiger partial charge in [0.2, 0.25) is 11.7 Å². The highest BCUT2D eigenvalue weighted by Gasteiger charge is 2.33. The van der Waals surface area contributed by atoms with Gasteiger partial charge in [-0.2, -0.15) is 0 Å². The van der Waals surface area contributed by atoms with Gasteiger partial charge in [-0.05, 0) is 58.6 Å². The Balaban J connectivity index is 1.80. The van der Waals surface area contributed by atoms with Gasteiger partial charge < -0.3 is 19.8 Å². The number of ether oxygens (including phenoxy) is 2. The Morgan fingerprint density at radius 1 is 1.03 bits per heavy atom. The highest BCUT2D eigenvalue weighted by Crippen LogP contribution is 2.36. The largest absolute Gasteiger partial charge is 0.465 e. The van der Waals surface area contributed by atoms with Crippen molar-refractivity contribution in [1.29, 1.82) is 0 Å². The molecule has 0 saturated heterocycles. The molecule has 1 aliphatic carbocycles. The van der Waals surface area contributed by atoms with Crippen molar-refractivity contribution in [3.8, 4) is 0 Å². The first-order valence-electron chi connectivity index (χ1n) is 10.00. The predicted octanol–water partition coefficient (Wildman–Crippen LogP) is 3.87. The third kappa shape index (κ3) is 4.41. The van der Waals surface area contributed by atoms with E-state index < -0.39 is 23.8 Å². The standard InChI is InChI=1S/C22H26N2O6S/c1-9-13(5)31-20(24-19(26)14-7-8-14)16(9)22(28)30-12(4)18(25)17-10(2)15(11(3)23-17)21(27)29-6/h12,14,23H,7-8H2,1-6H3,(H,24,26). The fourth-order valence-corrected chi connectivity index (χ4v) is 4.45. The molecule has 31 heavy (non-hydrogen) atoms.